The van der Waals surface area contributed by atoms with E-state index in [4.69, 9.17) is 17.2 Å². The van der Waals surface area contributed by atoms with Crippen molar-refractivity contribution in [3.63, 3.8) is 0 Å². The van der Waals surface area contributed by atoms with Gasteiger partial charge >= 0.3 is 0 Å². The Kier molecular flexibility index (Phi) is 3.38. The summed E-state index contributed by atoms with van der Waals surface area (Å²) in [5.41, 5.74) is 5.25. The van der Waals surface area contributed by atoms with E-state index in [0.29, 0.717) is 4.64 Å². The van der Waals surface area contributed by atoms with Crippen molar-refractivity contribution in [3.05, 3.63) is 58.7 Å². The molecule has 2 nitrogen and oxygen atoms in total. The molecule has 0 radical (unpaired) electrons. The molecule has 21 heavy (non-hydrogen) atoms. The third-order valence-corrected chi connectivity index (χ3v) is 3.92. The van der Waals surface area contributed by atoms with Crippen LogP contribution < -0.4 is 0 Å². The lowest BCUT2D eigenvalue weighted by Crippen LogP contribution is -2.10. The Morgan fingerprint density at radius 3 is 2.29 bits per heavy atom. The lowest BCUT2D eigenvalue weighted by atomic mass is 9.86. The maximum Gasteiger partial charge on any atom is 0.130 e. The number of nitrogens with zero attached hydrogens (tertiary/aromatic N) is 1. The van der Waals surface area contributed by atoms with Gasteiger partial charge in [0.2, 0.25) is 0 Å². The van der Waals surface area contributed by atoms with E-state index < -0.39 is 0 Å². The van der Waals surface area contributed by atoms with Crippen LogP contribution in [0.4, 0.5) is 0 Å². The van der Waals surface area contributed by atoms with Crippen LogP contribution in [0.15, 0.2) is 48.5 Å². The lowest BCUT2D eigenvalue weighted by Gasteiger charge is -2.19. The summed E-state index contributed by atoms with van der Waals surface area (Å²) in [7, 11) is 0. The first-order chi connectivity index (χ1) is 9.95. The molecule has 1 heterocycles. The summed E-state index contributed by atoms with van der Waals surface area (Å²) in [6.45, 7) is 6.63. The van der Waals surface area contributed by atoms with Crippen LogP contribution in [0.5, 0.6) is 0 Å². The number of rotatable bonds is 1. The first-order valence-electron chi connectivity index (χ1n) is 7.05. The van der Waals surface area contributed by atoms with Crippen molar-refractivity contribution in [2.45, 2.75) is 26.2 Å². The number of aromatic nitrogens is 2. The molecule has 0 fully saturated rings. The average molecular weight is 294 g/mol. The van der Waals surface area contributed by atoms with Crippen LogP contribution in [0.3, 0.4) is 0 Å². The fourth-order valence-corrected chi connectivity index (χ4v) is 2.63. The van der Waals surface area contributed by atoms with E-state index in [1.54, 1.807) is 0 Å². The van der Waals surface area contributed by atoms with Crippen molar-refractivity contribution in [1.29, 1.82) is 0 Å². The highest BCUT2D eigenvalue weighted by Crippen LogP contribution is 2.26. The second-order valence-corrected chi connectivity index (χ2v) is 6.67. The summed E-state index contributed by atoms with van der Waals surface area (Å²) in [5.74, 6) is 0. The Labute approximate surface area is 129 Å². The predicted octanol–water partition coefficient (Wildman–Crippen LogP) is 5.26. The van der Waals surface area contributed by atoms with Crippen molar-refractivity contribution in [1.82, 2.24) is 9.97 Å². The summed E-state index contributed by atoms with van der Waals surface area (Å²) in [4.78, 5) is 7.96. The van der Waals surface area contributed by atoms with Gasteiger partial charge in [0.25, 0.3) is 0 Å². The smallest absolute Gasteiger partial charge is 0.130 e. The van der Waals surface area contributed by atoms with Crippen molar-refractivity contribution < 1.29 is 0 Å². The van der Waals surface area contributed by atoms with Gasteiger partial charge in [0.05, 0.1) is 11.0 Å². The van der Waals surface area contributed by atoms with E-state index >= 15 is 0 Å². The number of nitrogens with one attached hydrogen (secondary N) is 1. The van der Waals surface area contributed by atoms with Gasteiger partial charge in [-0.1, -0.05) is 69.4 Å². The number of hydrogen-bond acceptors (Lipinski definition) is 2. The number of benzene rings is 2. The molecule has 0 saturated carbocycles. The van der Waals surface area contributed by atoms with Gasteiger partial charge in [0, 0.05) is 5.56 Å². The van der Waals surface area contributed by atoms with Gasteiger partial charge in [-0.15, -0.1) is 0 Å². The molecular formula is C18H18N2S. The highest BCUT2D eigenvalue weighted by Gasteiger charge is 2.13. The number of para-hydroxylation sites is 2. The molecule has 1 aromatic heterocycles. The molecule has 3 heteroatoms. The van der Waals surface area contributed by atoms with Gasteiger partial charge in [-0.3, -0.25) is 0 Å². The van der Waals surface area contributed by atoms with Crippen LogP contribution in [0.25, 0.3) is 22.3 Å². The number of H-pyrrole nitrogens is 1. The van der Waals surface area contributed by atoms with E-state index in [1.165, 1.54) is 5.56 Å². The van der Waals surface area contributed by atoms with E-state index in [0.717, 1.165) is 22.3 Å². The molecule has 2 aromatic carbocycles. The summed E-state index contributed by atoms with van der Waals surface area (Å²) in [5, 5.41) is 0. The minimum absolute atomic E-state index is 0.151. The fourth-order valence-electron chi connectivity index (χ4n) is 2.35. The van der Waals surface area contributed by atoms with Gasteiger partial charge < -0.3 is 4.98 Å². The standard InChI is InChI=1S/C18H18N2S/c1-18(2,3)13-10-8-12(9-11-13)16-17(21)20-15-7-5-4-6-14(15)19-16/h4-11H,1-3H3,(H,20,21). The third-order valence-electron chi connectivity index (χ3n) is 3.62. The van der Waals surface area contributed by atoms with Gasteiger partial charge in [-0.25, -0.2) is 4.98 Å². The third kappa shape index (κ3) is 2.74. The number of fused-ring (bicyclic) bond motifs is 1. The molecule has 0 unspecified atom stereocenters. The zero-order valence-corrected chi connectivity index (χ0v) is 13.3. The molecule has 3 aromatic rings. The maximum absolute atomic E-state index is 5.45. The molecule has 0 aliphatic heterocycles. The number of hydrogen-bond donors (Lipinski definition) is 1. The van der Waals surface area contributed by atoms with E-state index in [-0.39, 0.29) is 5.41 Å². The average Bonchev–Trinajstić information content (AvgIpc) is 2.46. The molecule has 0 aliphatic carbocycles. The van der Waals surface area contributed by atoms with Crippen molar-refractivity contribution >= 4 is 23.3 Å². The van der Waals surface area contributed by atoms with Crippen LogP contribution in [-0.4, -0.2) is 9.97 Å². The largest absolute Gasteiger partial charge is 0.343 e. The van der Waals surface area contributed by atoms with Crippen molar-refractivity contribution in [2.75, 3.05) is 0 Å². The Morgan fingerprint density at radius 1 is 0.952 bits per heavy atom. The lowest BCUT2D eigenvalue weighted by molar-refractivity contribution is 0.590. The topological polar surface area (TPSA) is 28.7 Å². The quantitative estimate of drug-likeness (QED) is 0.620. The monoisotopic (exact) mass is 294 g/mol. The molecule has 0 aliphatic rings. The molecule has 1 N–H and O–H groups in total. The van der Waals surface area contributed by atoms with Crippen molar-refractivity contribution in [2.24, 2.45) is 0 Å². The molecule has 0 amide bonds. The molecule has 0 spiro atoms. The first kappa shape index (κ1) is 14.0. The van der Waals surface area contributed by atoms with Crippen LogP contribution in [0, 0.1) is 4.64 Å². The van der Waals surface area contributed by atoms with E-state index in [9.17, 15) is 0 Å². The van der Waals surface area contributed by atoms with Crippen molar-refractivity contribution in [3.8, 4) is 11.3 Å². The summed E-state index contributed by atoms with van der Waals surface area (Å²) in [6, 6.07) is 16.5. The number of aromatic amines is 1. The molecule has 0 bridgehead atoms. The minimum atomic E-state index is 0.151. The molecule has 3 rings (SSSR count). The summed E-state index contributed by atoms with van der Waals surface area (Å²) < 4.78 is 0.678. The van der Waals surface area contributed by atoms with Crippen LogP contribution >= 0.6 is 12.2 Å². The highest BCUT2D eigenvalue weighted by atomic mass is 32.1. The summed E-state index contributed by atoms with van der Waals surface area (Å²) >= 11 is 5.45. The highest BCUT2D eigenvalue weighted by molar-refractivity contribution is 7.71. The second-order valence-electron chi connectivity index (χ2n) is 6.26. The Balaban J connectivity index is 2.12. The SMILES string of the molecule is CC(C)(C)c1ccc(-c2nc3ccccc3[nH]c2=S)cc1. The Hall–Kier alpha value is -2.00. The molecule has 0 atom stereocenters. The minimum Gasteiger partial charge on any atom is -0.343 e. The normalized spacial score (nSPS) is 11.8. The van der Waals surface area contributed by atoms with E-state index in [1.807, 2.05) is 24.3 Å². The van der Waals surface area contributed by atoms with Gasteiger partial charge in [-0.05, 0) is 23.1 Å². The molecule has 0 saturated heterocycles. The zero-order valence-electron chi connectivity index (χ0n) is 12.5. The van der Waals surface area contributed by atoms with Gasteiger partial charge in [0.15, 0.2) is 0 Å². The maximum atomic E-state index is 5.45. The van der Waals surface area contributed by atoms with Crippen LogP contribution in [-0.2, 0) is 5.41 Å². The zero-order chi connectivity index (χ0) is 15.0. The van der Waals surface area contributed by atoms with Crippen LogP contribution in [0.1, 0.15) is 26.3 Å². The Morgan fingerprint density at radius 2 is 1.62 bits per heavy atom. The van der Waals surface area contributed by atoms with E-state index in [2.05, 4.69) is 50.0 Å². The molecule has 106 valence electrons. The fraction of sp³-hybridized carbons (Fsp3) is 0.222. The second kappa shape index (κ2) is 5.08. The van der Waals surface area contributed by atoms with Gasteiger partial charge in [0.1, 0.15) is 10.3 Å². The summed E-state index contributed by atoms with van der Waals surface area (Å²) in [6.07, 6.45) is 0. The Bertz CT molecular complexity index is 839. The molecular weight excluding hydrogens is 276 g/mol. The first-order valence-corrected chi connectivity index (χ1v) is 7.46. The van der Waals surface area contributed by atoms with Crippen LogP contribution in [0.2, 0.25) is 0 Å². The predicted molar refractivity (Wildman–Crippen MR) is 91.1 cm³/mol. The van der Waals surface area contributed by atoms with Gasteiger partial charge in [-0.2, -0.15) is 0 Å².